The van der Waals surface area contributed by atoms with Crippen molar-refractivity contribution in [1.82, 2.24) is 19.9 Å². The molecule has 2 aliphatic rings. The van der Waals surface area contributed by atoms with E-state index < -0.39 is 0 Å². The summed E-state index contributed by atoms with van der Waals surface area (Å²) in [4.78, 5) is 18.8. The van der Waals surface area contributed by atoms with Gasteiger partial charge in [0.15, 0.2) is 0 Å². The first kappa shape index (κ1) is 14.5. The number of imidazole rings is 1. The maximum Gasteiger partial charge on any atom is 0.334 e. The Balaban J connectivity index is 1.30. The Morgan fingerprint density at radius 3 is 3.26 bits per heavy atom. The summed E-state index contributed by atoms with van der Waals surface area (Å²) in [6, 6.07) is 8.00. The zero-order valence-electron chi connectivity index (χ0n) is 12.9. The number of aromatic nitrogens is 2. The first-order valence-electron chi connectivity index (χ1n) is 8.12. The fourth-order valence-electron chi connectivity index (χ4n) is 3.41. The van der Waals surface area contributed by atoms with Crippen molar-refractivity contribution < 1.29 is 9.53 Å². The van der Waals surface area contributed by atoms with Gasteiger partial charge in [-0.2, -0.15) is 0 Å². The molecule has 0 radical (unpaired) electrons. The van der Waals surface area contributed by atoms with E-state index in [4.69, 9.17) is 4.74 Å². The SMILES string of the molecule is O=C(NC[C@H]1CN2CCC[C@H]2CO1)Nn1cnc2ccccc21. The van der Waals surface area contributed by atoms with Crippen LogP contribution in [-0.4, -0.2) is 59.0 Å². The monoisotopic (exact) mass is 315 g/mol. The average molecular weight is 315 g/mol. The van der Waals surface area contributed by atoms with Crippen molar-refractivity contribution >= 4 is 17.1 Å². The van der Waals surface area contributed by atoms with Gasteiger partial charge in [0.05, 0.1) is 23.7 Å². The molecule has 23 heavy (non-hydrogen) atoms. The van der Waals surface area contributed by atoms with Gasteiger partial charge in [-0.15, -0.1) is 0 Å². The number of hydrogen-bond donors (Lipinski definition) is 2. The lowest BCUT2D eigenvalue weighted by Crippen LogP contribution is -2.50. The summed E-state index contributed by atoms with van der Waals surface area (Å²) < 4.78 is 7.47. The van der Waals surface area contributed by atoms with Crippen LogP contribution in [0.2, 0.25) is 0 Å². The number of morpholine rings is 1. The van der Waals surface area contributed by atoms with Crippen molar-refractivity contribution in [3.05, 3.63) is 30.6 Å². The summed E-state index contributed by atoms with van der Waals surface area (Å²) in [5.41, 5.74) is 4.51. The van der Waals surface area contributed by atoms with Gasteiger partial charge in [-0.05, 0) is 31.5 Å². The molecule has 0 spiro atoms. The molecule has 0 saturated carbocycles. The zero-order chi connectivity index (χ0) is 15.6. The molecule has 1 aromatic carbocycles. The molecule has 4 rings (SSSR count). The second-order valence-corrected chi connectivity index (χ2v) is 6.17. The second-order valence-electron chi connectivity index (χ2n) is 6.17. The number of ether oxygens (including phenoxy) is 1. The summed E-state index contributed by atoms with van der Waals surface area (Å²) >= 11 is 0. The lowest BCUT2D eigenvalue weighted by molar-refractivity contribution is -0.0456. The van der Waals surface area contributed by atoms with E-state index in [2.05, 4.69) is 20.6 Å². The Bertz CT molecular complexity index is 701. The second kappa shape index (κ2) is 6.17. The van der Waals surface area contributed by atoms with Crippen molar-refractivity contribution in [2.24, 2.45) is 0 Å². The lowest BCUT2D eigenvalue weighted by atomic mass is 10.2. The quantitative estimate of drug-likeness (QED) is 0.891. The number of urea groups is 1. The number of benzene rings is 1. The predicted octanol–water partition coefficient (Wildman–Crippen LogP) is 1.15. The molecule has 0 bridgehead atoms. The van der Waals surface area contributed by atoms with Gasteiger partial charge in [-0.1, -0.05) is 12.1 Å². The molecular weight excluding hydrogens is 294 g/mol. The molecule has 122 valence electrons. The molecule has 3 heterocycles. The number of amides is 2. The smallest absolute Gasteiger partial charge is 0.334 e. The fraction of sp³-hybridized carbons (Fsp3) is 0.500. The van der Waals surface area contributed by atoms with Crippen LogP contribution in [0.4, 0.5) is 4.79 Å². The number of carbonyl (C=O) groups excluding carboxylic acids is 1. The van der Waals surface area contributed by atoms with Crippen LogP contribution in [0.1, 0.15) is 12.8 Å². The molecule has 2 atom stereocenters. The molecule has 2 N–H and O–H groups in total. The van der Waals surface area contributed by atoms with Crippen molar-refractivity contribution in [3.8, 4) is 0 Å². The fourth-order valence-corrected chi connectivity index (χ4v) is 3.41. The van der Waals surface area contributed by atoms with E-state index in [-0.39, 0.29) is 12.1 Å². The van der Waals surface area contributed by atoms with Crippen molar-refractivity contribution in [1.29, 1.82) is 0 Å². The molecular formula is C16H21N5O2. The minimum Gasteiger partial charge on any atom is -0.373 e. The first-order chi connectivity index (χ1) is 11.3. The summed E-state index contributed by atoms with van der Waals surface area (Å²) in [7, 11) is 0. The molecule has 0 unspecified atom stereocenters. The van der Waals surface area contributed by atoms with E-state index in [0.717, 1.165) is 30.7 Å². The van der Waals surface area contributed by atoms with Crippen LogP contribution in [0.25, 0.3) is 11.0 Å². The first-order valence-corrected chi connectivity index (χ1v) is 8.12. The Morgan fingerprint density at radius 2 is 2.30 bits per heavy atom. The third-order valence-electron chi connectivity index (χ3n) is 4.63. The van der Waals surface area contributed by atoms with Crippen LogP contribution >= 0.6 is 0 Å². The Labute approximate surface area is 134 Å². The van der Waals surface area contributed by atoms with Gasteiger partial charge in [0.1, 0.15) is 6.33 Å². The molecule has 1 aromatic heterocycles. The number of carbonyl (C=O) groups is 1. The molecule has 2 aliphatic heterocycles. The zero-order valence-corrected chi connectivity index (χ0v) is 12.9. The molecule has 2 aromatic rings. The summed E-state index contributed by atoms with van der Waals surface area (Å²) in [5.74, 6) is 0. The van der Waals surface area contributed by atoms with Gasteiger partial charge in [-0.3, -0.25) is 4.90 Å². The summed E-state index contributed by atoms with van der Waals surface area (Å²) in [6.45, 7) is 3.35. The number of nitrogens with zero attached hydrogens (tertiary/aromatic N) is 3. The molecule has 0 aliphatic carbocycles. The molecule has 7 nitrogen and oxygen atoms in total. The Hall–Kier alpha value is -2.12. The van der Waals surface area contributed by atoms with Gasteiger partial charge >= 0.3 is 6.03 Å². The standard InChI is InChI=1S/C16H21N5O2/c22-16(19-21-11-18-14-5-1-2-6-15(14)21)17-8-13-9-20-7-3-4-12(20)10-23-13/h1-2,5-6,11-13H,3-4,7-10H2,(H2,17,19,22)/t12-,13-/m0/s1. The average Bonchev–Trinajstić information content (AvgIpc) is 3.20. The van der Waals surface area contributed by atoms with Gasteiger partial charge in [0.25, 0.3) is 0 Å². The van der Waals surface area contributed by atoms with E-state index in [1.165, 1.54) is 12.8 Å². The van der Waals surface area contributed by atoms with Crippen molar-refractivity contribution in [3.63, 3.8) is 0 Å². The van der Waals surface area contributed by atoms with E-state index in [0.29, 0.717) is 12.6 Å². The highest BCUT2D eigenvalue weighted by atomic mass is 16.5. The minimum absolute atomic E-state index is 0.0645. The van der Waals surface area contributed by atoms with Crippen molar-refractivity contribution in [2.45, 2.75) is 25.0 Å². The number of rotatable bonds is 3. The normalized spacial score (nSPS) is 24.5. The Morgan fingerprint density at radius 1 is 1.39 bits per heavy atom. The third kappa shape index (κ3) is 3.02. The highest BCUT2D eigenvalue weighted by Gasteiger charge is 2.32. The van der Waals surface area contributed by atoms with Gasteiger partial charge in [0, 0.05) is 19.1 Å². The topological polar surface area (TPSA) is 71.4 Å². The largest absolute Gasteiger partial charge is 0.373 e. The summed E-state index contributed by atoms with van der Waals surface area (Å²) in [5, 5.41) is 2.88. The van der Waals surface area contributed by atoms with Gasteiger partial charge in [0.2, 0.25) is 0 Å². The summed E-state index contributed by atoms with van der Waals surface area (Å²) in [6.07, 6.45) is 4.15. The maximum atomic E-state index is 12.1. The van der Waals surface area contributed by atoms with Crippen LogP contribution in [0.5, 0.6) is 0 Å². The van der Waals surface area contributed by atoms with Crippen LogP contribution in [0, 0.1) is 0 Å². The van der Waals surface area contributed by atoms with Gasteiger partial charge < -0.3 is 10.1 Å². The third-order valence-corrected chi connectivity index (χ3v) is 4.63. The predicted molar refractivity (Wildman–Crippen MR) is 86.8 cm³/mol. The van der Waals surface area contributed by atoms with E-state index >= 15 is 0 Å². The lowest BCUT2D eigenvalue weighted by Gasteiger charge is -2.35. The van der Waals surface area contributed by atoms with Crippen molar-refractivity contribution in [2.75, 3.05) is 31.7 Å². The molecule has 2 fully saturated rings. The number of nitrogens with one attached hydrogen (secondary N) is 2. The van der Waals surface area contributed by atoms with E-state index in [1.807, 2.05) is 24.3 Å². The maximum absolute atomic E-state index is 12.1. The van der Waals surface area contributed by atoms with Crippen LogP contribution in [0.3, 0.4) is 0 Å². The number of fused-ring (bicyclic) bond motifs is 2. The van der Waals surface area contributed by atoms with Gasteiger partial charge in [-0.25, -0.2) is 19.9 Å². The minimum atomic E-state index is -0.250. The molecule has 2 amide bonds. The highest BCUT2D eigenvalue weighted by molar-refractivity contribution is 5.85. The Kier molecular flexibility index (Phi) is 3.88. The number of hydrogen-bond acceptors (Lipinski definition) is 4. The number of para-hydroxylation sites is 2. The highest BCUT2D eigenvalue weighted by Crippen LogP contribution is 2.22. The van der Waals surface area contributed by atoms with E-state index in [9.17, 15) is 4.79 Å². The van der Waals surface area contributed by atoms with E-state index in [1.54, 1.807) is 11.0 Å². The van der Waals surface area contributed by atoms with Crippen LogP contribution in [-0.2, 0) is 4.74 Å². The molecule has 7 heteroatoms. The van der Waals surface area contributed by atoms with Crippen LogP contribution in [0.15, 0.2) is 30.6 Å². The molecule has 2 saturated heterocycles. The van der Waals surface area contributed by atoms with Crippen LogP contribution < -0.4 is 10.7 Å².